The molecule has 36 heavy (non-hydrogen) atoms. The maximum absolute atomic E-state index is 13.3. The molecular formula is C26H29N5O3S2. The maximum Gasteiger partial charge on any atom is 0.341 e. The van der Waals surface area contributed by atoms with Crippen molar-refractivity contribution < 1.29 is 14.3 Å². The van der Waals surface area contributed by atoms with E-state index in [4.69, 9.17) is 4.74 Å². The van der Waals surface area contributed by atoms with Crippen LogP contribution < -0.4 is 16.1 Å². The summed E-state index contributed by atoms with van der Waals surface area (Å²) in [5.74, 6) is -0.0225. The molecule has 0 radical (unpaired) electrons. The molecule has 0 bridgehead atoms. The lowest BCUT2D eigenvalue weighted by Gasteiger charge is -2.17. The lowest BCUT2D eigenvalue weighted by Crippen LogP contribution is -2.40. The number of nitrogens with zero attached hydrogens (tertiary/aromatic N) is 3. The molecule has 3 heterocycles. The first kappa shape index (κ1) is 24.6. The van der Waals surface area contributed by atoms with Crippen molar-refractivity contribution in [3.8, 4) is 5.00 Å². The first-order chi connectivity index (χ1) is 17.5. The highest BCUT2D eigenvalue weighted by molar-refractivity contribution is 8.14. The fourth-order valence-corrected chi connectivity index (χ4v) is 7.05. The SMILES string of the molecule is CCOC(=O)c1c(-n2c(C)cc(C(=O)CSC3=NNNN3c3ccccc3)c2C)sc2c1CCCC2. The van der Waals surface area contributed by atoms with E-state index in [-0.39, 0.29) is 17.5 Å². The van der Waals surface area contributed by atoms with Crippen LogP contribution in [0.1, 0.15) is 62.3 Å². The molecule has 10 heteroatoms. The summed E-state index contributed by atoms with van der Waals surface area (Å²) < 4.78 is 7.50. The zero-order chi connectivity index (χ0) is 25.2. The number of esters is 1. The number of ether oxygens (including phenoxy) is 1. The van der Waals surface area contributed by atoms with Gasteiger partial charge in [0.25, 0.3) is 0 Å². The van der Waals surface area contributed by atoms with Crippen LogP contribution in [0.3, 0.4) is 0 Å². The Bertz CT molecular complexity index is 1330. The molecule has 0 saturated carbocycles. The van der Waals surface area contributed by atoms with Crippen LogP contribution in [0.15, 0.2) is 41.5 Å². The minimum atomic E-state index is -0.275. The number of ketones is 1. The second-order valence-electron chi connectivity index (χ2n) is 8.73. The average Bonchev–Trinajstić information content (AvgIpc) is 3.58. The number of carbonyl (C=O) groups excluding carboxylic acids is 2. The molecule has 188 valence electrons. The van der Waals surface area contributed by atoms with Gasteiger partial charge in [0.1, 0.15) is 5.00 Å². The van der Waals surface area contributed by atoms with Gasteiger partial charge in [-0.2, -0.15) is 0 Å². The maximum atomic E-state index is 13.3. The molecule has 5 rings (SSSR count). The zero-order valence-corrected chi connectivity index (χ0v) is 22.2. The Labute approximate surface area is 218 Å². The second kappa shape index (κ2) is 10.5. The molecule has 1 aliphatic carbocycles. The number of aromatic nitrogens is 1. The molecule has 2 aromatic heterocycles. The fraction of sp³-hybridized carbons (Fsp3) is 0.346. The number of hydrogen-bond acceptors (Lipinski definition) is 9. The number of carbonyl (C=O) groups is 2. The quantitative estimate of drug-likeness (QED) is 0.335. The van der Waals surface area contributed by atoms with Crippen molar-refractivity contribution in [3.63, 3.8) is 0 Å². The number of nitrogens with one attached hydrogen (secondary N) is 2. The lowest BCUT2D eigenvalue weighted by molar-refractivity contribution is 0.0525. The van der Waals surface area contributed by atoms with E-state index in [1.54, 1.807) is 11.3 Å². The van der Waals surface area contributed by atoms with Gasteiger partial charge >= 0.3 is 5.97 Å². The molecule has 2 aliphatic rings. The van der Waals surface area contributed by atoms with Crippen LogP contribution in [0, 0.1) is 13.8 Å². The Kier molecular flexibility index (Phi) is 7.17. The predicted octanol–water partition coefficient (Wildman–Crippen LogP) is 4.93. The van der Waals surface area contributed by atoms with E-state index in [0.717, 1.165) is 53.3 Å². The topological polar surface area (TPSA) is 88.0 Å². The Morgan fingerprint density at radius 3 is 2.72 bits per heavy atom. The van der Waals surface area contributed by atoms with Crippen LogP contribution in [-0.2, 0) is 17.6 Å². The van der Waals surface area contributed by atoms with E-state index in [2.05, 4.69) is 20.7 Å². The molecule has 0 atom stereocenters. The summed E-state index contributed by atoms with van der Waals surface area (Å²) in [7, 11) is 0. The molecule has 0 amide bonds. The minimum Gasteiger partial charge on any atom is -0.462 e. The van der Waals surface area contributed by atoms with Gasteiger partial charge < -0.3 is 9.30 Å². The van der Waals surface area contributed by atoms with Gasteiger partial charge in [-0.3, -0.25) is 4.79 Å². The van der Waals surface area contributed by atoms with Crippen LogP contribution in [0.25, 0.3) is 5.00 Å². The summed E-state index contributed by atoms with van der Waals surface area (Å²) in [6.07, 6.45) is 4.08. The number of amidine groups is 1. The van der Waals surface area contributed by atoms with Crippen LogP contribution >= 0.6 is 23.1 Å². The van der Waals surface area contributed by atoms with Gasteiger partial charge in [0.15, 0.2) is 5.78 Å². The van der Waals surface area contributed by atoms with Crippen molar-refractivity contribution in [2.75, 3.05) is 17.4 Å². The van der Waals surface area contributed by atoms with Crippen molar-refractivity contribution in [3.05, 3.63) is 69.4 Å². The number of fused-ring (bicyclic) bond motifs is 1. The van der Waals surface area contributed by atoms with Gasteiger partial charge in [-0.1, -0.05) is 30.0 Å². The van der Waals surface area contributed by atoms with Gasteiger partial charge in [-0.05, 0) is 70.2 Å². The van der Waals surface area contributed by atoms with Crippen LogP contribution in [0.4, 0.5) is 5.69 Å². The Balaban J connectivity index is 1.40. The number of benzene rings is 1. The molecule has 8 nitrogen and oxygen atoms in total. The molecule has 1 aromatic carbocycles. The number of aryl methyl sites for hydroxylation is 2. The van der Waals surface area contributed by atoms with E-state index in [0.29, 0.717) is 22.9 Å². The van der Waals surface area contributed by atoms with Gasteiger partial charge in [-0.25, -0.2) is 15.3 Å². The minimum absolute atomic E-state index is 0.0148. The van der Waals surface area contributed by atoms with Crippen molar-refractivity contribution in [2.45, 2.75) is 46.5 Å². The predicted molar refractivity (Wildman–Crippen MR) is 145 cm³/mol. The second-order valence-corrected chi connectivity index (χ2v) is 10.8. The fourth-order valence-electron chi connectivity index (χ4n) is 4.76. The van der Waals surface area contributed by atoms with Crippen LogP contribution in [0.5, 0.6) is 0 Å². The van der Waals surface area contributed by atoms with E-state index in [1.165, 1.54) is 16.6 Å². The van der Waals surface area contributed by atoms with Crippen LogP contribution in [-0.4, -0.2) is 33.8 Å². The number of rotatable bonds is 7. The molecule has 0 saturated heterocycles. The van der Waals surface area contributed by atoms with Gasteiger partial charge in [0.2, 0.25) is 5.17 Å². The summed E-state index contributed by atoms with van der Waals surface area (Å²) in [4.78, 5) is 27.6. The van der Waals surface area contributed by atoms with Gasteiger partial charge in [-0.15, -0.1) is 22.0 Å². The zero-order valence-electron chi connectivity index (χ0n) is 20.6. The first-order valence-electron chi connectivity index (χ1n) is 12.1. The van der Waals surface area contributed by atoms with E-state index < -0.39 is 0 Å². The number of hydrazone groups is 1. The number of hydrogen-bond donors (Lipinski definition) is 2. The molecule has 0 unspecified atom stereocenters. The Morgan fingerprint density at radius 1 is 1.17 bits per heavy atom. The van der Waals surface area contributed by atoms with E-state index in [1.807, 2.05) is 62.2 Å². The third-order valence-corrected chi connectivity index (χ3v) is 8.63. The smallest absolute Gasteiger partial charge is 0.341 e. The number of Topliss-reactive ketones (excluding diaryl/α,β-unsaturated/α-hetero) is 1. The summed E-state index contributed by atoms with van der Waals surface area (Å²) in [6.45, 7) is 6.10. The van der Waals surface area contributed by atoms with Crippen molar-refractivity contribution in [2.24, 2.45) is 5.10 Å². The van der Waals surface area contributed by atoms with Crippen LogP contribution in [0.2, 0.25) is 0 Å². The number of thiophene rings is 1. The van der Waals surface area contributed by atoms with Gasteiger partial charge in [0.05, 0.1) is 23.6 Å². The third-order valence-electron chi connectivity index (χ3n) is 6.42. The third kappa shape index (κ3) is 4.56. The van der Waals surface area contributed by atoms with E-state index in [9.17, 15) is 9.59 Å². The highest BCUT2D eigenvalue weighted by Crippen LogP contribution is 2.39. The van der Waals surface area contributed by atoms with Crippen molar-refractivity contribution >= 4 is 45.7 Å². The Morgan fingerprint density at radius 2 is 1.94 bits per heavy atom. The van der Waals surface area contributed by atoms with Gasteiger partial charge in [0, 0.05) is 21.8 Å². The molecule has 0 spiro atoms. The summed E-state index contributed by atoms with van der Waals surface area (Å²) >= 11 is 3.02. The molecule has 0 fully saturated rings. The van der Waals surface area contributed by atoms with Crippen molar-refractivity contribution in [1.82, 2.24) is 15.6 Å². The van der Waals surface area contributed by atoms with Crippen molar-refractivity contribution in [1.29, 1.82) is 0 Å². The first-order valence-corrected chi connectivity index (χ1v) is 13.9. The molecule has 1 aliphatic heterocycles. The Hall–Kier alpha value is -3.08. The molecular weight excluding hydrogens is 494 g/mol. The average molecular weight is 524 g/mol. The summed E-state index contributed by atoms with van der Waals surface area (Å²) in [6, 6.07) is 11.7. The number of thioether (sulfide) groups is 1. The number of hydrazine groups is 2. The number of para-hydroxylation sites is 1. The largest absolute Gasteiger partial charge is 0.462 e. The monoisotopic (exact) mass is 523 g/mol. The normalized spacial score (nSPS) is 14.9. The van der Waals surface area contributed by atoms with E-state index >= 15 is 0 Å². The highest BCUT2D eigenvalue weighted by Gasteiger charge is 2.30. The highest BCUT2D eigenvalue weighted by atomic mass is 32.2. The molecule has 2 N–H and O–H groups in total. The molecule has 3 aromatic rings. The summed E-state index contributed by atoms with van der Waals surface area (Å²) in [5, 5.41) is 7.62. The summed E-state index contributed by atoms with van der Waals surface area (Å²) in [5.41, 5.74) is 10.9. The number of anilines is 1. The lowest BCUT2D eigenvalue weighted by atomic mass is 9.95. The standard InChI is InChI=1S/C26H29N5O3S2/c1-4-34-25(33)23-19-12-8-9-13-22(19)36-24(23)30-16(2)14-20(17(30)3)21(32)15-35-26-27-28-29-31(26)18-10-6-5-7-11-18/h5-7,10-11,14,28-29H,4,8-9,12-13,15H2,1-3H3.